The highest BCUT2D eigenvalue weighted by Gasteiger charge is 2.42. The molecule has 22 heavy (non-hydrogen) atoms. The van der Waals surface area contributed by atoms with E-state index in [2.05, 4.69) is 0 Å². The number of rotatable bonds is 4. The highest BCUT2D eigenvalue weighted by molar-refractivity contribution is 7.86. The lowest BCUT2D eigenvalue weighted by atomic mass is 9.98. The van der Waals surface area contributed by atoms with Crippen molar-refractivity contribution in [2.24, 2.45) is 5.73 Å². The first-order valence-electron chi connectivity index (χ1n) is 6.64. The standard InChI is InChI=1S/C13H19NO7S/c1-7-2-4-8(5-3-7)22(18,19)20-6-9-11(15)12(16)10(14)13(17)21-9/h2-5,9-13,15-17H,6,14H2,1H3/t9-,10+,11-,12+,13+/m1/s1. The van der Waals surface area contributed by atoms with Crippen LogP contribution in [0.4, 0.5) is 0 Å². The smallest absolute Gasteiger partial charge is 0.297 e. The van der Waals surface area contributed by atoms with Crippen LogP contribution in [0, 0.1) is 6.92 Å². The molecule has 0 unspecified atom stereocenters. The lowest BCUT2D eigenvalue weighted by Crippen LogP contribution is -2.62. The van der Waals surface area contributed by atoms with E-state index in [9.17, 15) is 23.7 Å². The van der Waals surface area contributed by atoms with Gasteiger partial charge < -0.3 is 25.8 Å². The second-order valence-electron chi connectivity index (χ2n) is 5.18. The van der Waals surface area contributed by atoms with Crippen molar-refractivity contribution in [1.82, 2.24) is 0 Å². The summed E-state index contributed by atoms with van der Waals surface area (Å²) in [5, 5.41) is 28.9. The molecule has 9 heteroatoms. The van der Waals surface area contributed by atoms with E-state index in [4.69, 9.17) is 14.7 Å². The van der Waals surface area contributed by atoms with Crippen LogP contribution >= 0.6 is 0 Å². The summed E-state index contributed by atoms with van der Waals surface area (Å²) >= 11 is 0. The first-order valence-corrected chi connectivity index (χ1v) is 8.04. The molecular formula is C13H19NO7S. The molecule has 1 aliphatic rings. The summed E-state index contributed by atoms with van der Waals surface area (Å²) < 4.78 is 33.8. The largest absolute Gasteiger partial charge is 0.388 e. The highest BCUT2D eigenvalue weighted by atomic mass is 32.2. The summed E-state index contributed by atoms with van der Waals surface area (Å²) in [7, 11) is -4.03. The Kier molecular flexibility index (Phi) is 5.17. The molecule has 5 atom stereocenters. The molecule has 1 aliphatic heterocycles. The molecule has 1 fully saturated rings. The summed E-state index contributed by atoms with van der Waals surface area (Å²) in [4.78, 5) is -0.0406. The van der Waals surface area contributed by atoms with Crippen molar-refractivity contribution >= 4 is 10.1 Å². The zero-order valence-corrected chi connectivity index (χ0v) is 12.7. The van der Waals surface area contributed by atoms with Crippen LogP contribution in [0.25, 0.3) is 0 Å². The van der Waals surface area contributed by atoms with E-state index in [0.717, 1.165) is 5.56 Å². The summed E-state index contributed by atoms with van der Waals surface area (Å²) in [6, 6.07) is 4.84. The lowest BCUT2D eigenvalue weighted by Gasteiger charge is -2.38. The first-order chi connectivity index (χ1) is 10.2. The van der Waals surface area contributed by atoms with Gasteiger partial charge >= 0.3 is 0 Å². The average Bonchev–Trinajstić information content (AvgIpc) is 2.48. The Morgan fingerprint density at radius 3 is 2.36 bits per heavy atom. The third kappa shape index (κ3) is 3.63. The normalized spacial score (nSPS) is 32.9. The van der Waals surface area contributed by atoms with Crippen molar-refractivity contribution in [3.8, 4) is 0 Å². The van der Waals surface area contributed by atoms with Crippen molar-refractivity contribution in [2.75, 3.05) is 6.61 Å². The zero-order chi connectivity index (χ0) is 16.5. The second-order valence-corrected chi connectivity index (χ2v) is 6.79. The van der Waals surface area contributed by atoms with E-state index >= 15 is 0 Å². The van der Waals surface area contributed by atoms with Gasteiger partial charge in [-0.05, 0) is 19.1 Å². The van der Waals surface area contributed by atoms with Gasteiger partial charge in [-0.3, -0.25) is 4.18 Å². The minimum Gasteiger partial charge on any atom is -0.388 e. The number of nitrogens with two attached hydrogens (primary N) is 1. The van der Waals surface area contributed by atoms with Gasteiger partial charge in [0.1, 0.15) is 18.3 Å². The Labute approximate surface area is 128 Å². The fourth-order valence-corrected chi connectivity index (χ4v) is 2.95. The molecule has 0 spiro atoms. The van der Waals surface area contributed by atoms with E-state index < -0.39 is 47.4 Å². The third-order valence-corrected chi connectivity index (χ3v) is 4.76. The first kappa shape index (κ1) is 17.3. The second kappa shape index (κ2) is 6.59. The van der Waals surface area contributed by atoms with E-state index in [1.165, 1.54) is 12.1 Å². The van der Waals surface area contributed by atoms with Gasteiger partial charge in [-0.1, -0.05) is 17.7 Å². The molecule has 124 valence electrons. The molecule has 1 aromatic rings. The fraction of sp³-hybridized carbons (Fsp3) is 0.538. The minimum absolute atomic E-state index is 0.0406. The highest BCUT2D eigenvalue weighted by Crippen LogP contribution is 2.21. The molecule has 5 N–H and O–H groups in total. The topological polar surface area (TPSA) is 139 Å². The van der Waals surface area contributed by atoms with Crippen LogP contribution in [0.5, 0.6) is 0 Å². The molecule has 0 aliphatic carbocycles. The minimum atomic E-state index is -4.03. The van der Waals surface area contributed by atoms with Crippen LogP contribution in [0.2, 0.25) is 0 Å². The summed E-state index contributed by atoms with van der Waals surface area (Å²) in [6.45, 7) is 1.26. The third-order valence-electron chi connectivity index (χ3n) is 3.47. The number of aliphatic hydroxyl groups is 3. The average molecular weight is 333 g/mol. The monoisotopic (exact) mass is 333 g/mol. The van der Waals surface area contributed by atoms with Gasteiger partial charge in [0.2, 0.25) is 0 Å². The molecule has 0 saturated carbocycles. The van der Waals surface area contributed by atoms with Crippen molar-refractivity contribution in [3.05, 3.63) is 29.8 Å². The Bertz CT molecular complexity index is 603. The van der Waals surface area contributed by atoms with Crippen molar-refractivity contribution in [3.63, 3.8) is 0 Å². The van der Waals surface area contributed by atoms with Crippen LogP contribution in [0.3, 0.4) is 0 Å². The quantitative estimate of drug-likeness (QED) is 0.487. The molecule has 1 heterocycles. The maximum absolute atomic E-state index is 12.0. The number of ether oxygens (including phenoxy) is 1. The van der Waals surface area contributed by atoms with Crippen LogP contribution in [-0.2, 0) is 19.0 Å². The summed E-state index contributed by atoms with van der Waals surface area (Å²) in [6.07, 6.45) is -5.65. The number of aliphatic hydroxyl groups excluding tert-OH is 3. The predicted molar refractivity (Wildman–Crippen MR) is 75.2 cm³/mol. The molecule has 1 aromatic carbocycles. The summed E-state index contributed by atoms with van der Waals surface area (Å²) in [5.41, 5.74) is 6.31. The number of aryl methyl sites for hydroxylation is 1. The van der Waals surface area contributed by atoms with Crippen LogP contribution in [0.1, 0.15) is 5.56 Å². The van der Waals surface area contributed by atoms with Crippen molar-refractivity contribution in [2.45, 2.75) is 42.5 Å². The van der Waals surface area contributed by atoms with Crippen molar-refractivity contribution < 1.29 is 32.7 Å². The number of hydrogen-bond acceptors (Lipinski definition) is 8. The lowest BCUT2D eigenvalue weighted by molar-refractivity contribution is -0.246. The van der Waals surface area contributed by atoms with Gasteiger partial charge in [-0.2, -0.15) is 8.42 Å². The van der Waals surface area contributed by atoms with Crippen LogP contribution in [0.15, 0.2) is 29.2 Å². The zero-order valence-electron chi connectivity index (χ0n) is 11.9. The Morgan fingerprint density at radius 1 is 1.18 bits per heavy atom. The van der Waals surface area contributed by atoms with Crippen LogP contribution in [-0.4, -0.2) is 61.0 Å². The van der Waals surface area contributed by atoms with E-state index in [-0.39, 0.29) is 4.90 Å². The van der Waals surface area contributed by atoms with Gasteiger partial charge in [0.15, 0.2) is 6.29 Å². The summed E-state index contributed by atoms with van der Waals surface area (Å²) in [5.74, 6) is 0. The molecule has 1 saturated heterocycles. The number of benzene rings is 1. The Balaban J connectivity index is 2.04. The molecule has 0 bridgehead atoms. The maximum atomic E-state index is 12.0. The predicted octanol–water partition coefficient (Wildman–Crippen LogP) is -1.53. The van der Waals surface area contributed by atoms with Gasteiger partial charge in [-0.25, -0.2) is 0 Å². The molecule has 0 amide bonds. The Morgan fingerprint density at radius 2 is 1.77 bits per heavy atom. The molecule has 2 rings (SSSR count). The fourth-order valence-electron chi connectivity index (χ4n) is 2.03. The SMILES string of the molecule is Cc1ccc(S(=O)(=O)OC[C@H]2O[C@H](O)[C@@H](N)[C@H](O)[C@@H]2O)cc1. The van der Waals surface area contributed by atoms with Gasteiger partial charge in [0.05, 0.1) is 17.5 Å². The van der Waals surface area contributed by atoms with E-state index in [1.807, 2.05) is 6.92 Å². The van der Waals surface area contributed by atoms with Gasteiger partial charge in [0, 0.05) is 0 Å². The molecule has 0 radical (unpaired) electrons. The van der Waals surface area contributed by atoms with E-state index in [0.29, 0.717) is 0 Å². The Hall–Kier alpha value is -1.07. The molecule has 0 aromatic heterocycles. The van der Waals surface area contributed by atoms with Crippen LogP contribution < -0.4 is 5.73 Å². The van der Waals surface area contributed by atoms with Crippen molar-refractivity contribution in [1.29, 1.82) is 0 Å². The van der Waals surface area contributed by atoms with Gasteiger partial charge in [-0.15, -0.1) is 0 Å². The number of hydrogen-bond donors (Lipinski definition) is 4. The van der Waals surface area contributed by atoms with E-state index in [1.54, 1.807) is 12.1 Å². The molecule has 8 nitrogen and oxygen atoms in total. The molecular weight excluding hydrogens is 314 g/mol. The maximum Gasteiger partial charge on any atom is 0.297 e. The van der Waals surface area contributed by atoms with Gasteiger partial charge in [0.25, 0.3) is 10.1 Å².